The van der Waals surface area contributed by atoms with Crippen molar-refractivity contribution in [3.05, 3.63) is 22.2 Å². The van der Waals surface area contributed by atoms with Crippen LogP contribution in [0.5, 0.6) is 0 Å². The predicted octanol–water partition coefficient (Wildman–Crippen LogP) is 2.58. The van der Waals surface area contributed by atoms with Crippen LogP contribution in [-0.2, 0) is 0 Å². The van der Waals surface area contributed by atoms with Crippen molar-refractivity contribution in [2.24, 2.45) is 0 Å². The second-order valence-electron chi connectivity index (χ2n) is 2.31. The lowest BCUT2D eigenvalue weighted by Crippen LogP contribution is -1.94. The van der Waals surface area contributed by atoms with Crippen molar-refractivity contribution in [3.63, 3.8) is 0 Å². The highest BCUT2D eigenvalue weighted by Crippen LogP contribution is 2.29. The highest BCUT2D eigenvalue weighted by atomic mass is 35.5. The molecule has 0 amide bonds. The molecule has 62 valence electrons. The third kappa shape index (κ3) is 1.00. The van der Waals surface area contributed by atoms with Crippen molar-refractivity contribution in [2.45, 2.75) is 0 Å². The van der Waals surface area contributed by atoms with Gasteiger partial charge >= 0.3 is 5.97 Å². The number of aromatic nitrogens is 1. The van der Waals surface area contributed by atoms with Gasteiger partial charge in [0.1, 0.15) is 5.69 Å². The molecule has 0 aliphatic carbocycles. The van der Waals surface area contributed by atoms with Gasteiger partial charge in [0.15, 0.2) is 0 Å². The quantitative estimate of drug-likeness (QED) is 0.745. The summed E-state index contributed by atoms with van der Waals surface area (Å²) in [4.78, 5) is 13.2. The van der Waals surface area contributed by atoms with Gasteiger partial charge in [0.05, 0.1) is 15.2 Å². The average Bonchev–Trinajstić information content (AvgIpc) is 2.53. The summed E-state index contributed by atoms with van der Waals surface area (Å²) >= 11 is 7.20. The lowest BCUT2D eigenvalue weighted by Gasteiger charge is -1.84. The number of halogens is 1. The van der Waals surface area contributed by atoms with Crippen molar-refractivity contribution in [1.29, 1.82) is 0 Å². The fraction of sp³-hybridized carbons (Fsp3) is 0. The number of H-pyrrole nitrogens is 1. The molecule has 0 saturated heterocycles. The number of hydrogen-bond donors (Lipinski definition) is 2. The van der Waals surface area contributed by atoms with Gasteiger partial charge in [-0.2, -0.15) is 0 Å². The Morgan fingerprint density at radius 1 is 1.67 bits per heavy atom. The molecule has 0 radical (unpaired) electrons. The van der Waals surface area contributed by atoms with Crippen molar-refractivity contribution in [1.82, 2.24) is 4.98 Å². The molecule has 0 atom stereocenters. The zero-order valence-corrected chi connectivity index (χ0v) is 7.37. The molecule has 0 saturated carbocycles. The van der Waals surface area contributed by atoms with Crippen LogP contribution in [0.1, 0.15) is 10.5 Å². The monoisotopic (exact) mass is 201 g/mol. The molecule has 2 heterocycles. The Labute approximate surface area is 76.6 Å². The number of aromatic carboxylic acids is 1. The molecule has 0 aromatic carbocycles. The van der Waals surface area contributed by atoms with Gasteiger partial charge in [-0.05, 0) is 6.07 Å². The Hall–Kier alpha value is -1.00. The first-order valence-electron chi connectivity index (χ1n) is 3.17. The lowest BCUT2D eigenvalue weighted by molar-refractivity contribution is 0.0691. The number of carbonyl (C=O) groups is 1. The molecule has 0 aliphatic heterocycles. The van der Waals surface area contributed by atoms with E-state index in [0.29, 0.717) is 10.5 Å². The summed E-state index contributed by atoms with van der Waals surface area (Å²) in [5.41, 5.74) is 0.887. The summed E-state index contributed by atoms with van der Waals surface area (Å²) in [6.07, 6.45) is 0. The molecule has 0 fully saturated rings. The zero-order chi connectivity index (χ0) is 8.72. The smallest absolute Gasteiger partial charge is 0.352 e. The van der Waals surface area contributed by atoms with Gasteiger partial charge in [-0.3, -0.25) is 0 Å². The SMILES string of the molecule is O=C(O)c1cc2scc(Cl)c2[nH]1. The van der Waals surface area contributed by atoms with Gasteiger partial charge in [0.25, 0.3) is 0 Å². The molecule has 2 aromatic heterocycles. The van der Waals surface area contributed by atoms with E-state index in [1.165, 1.54) is 11.3 Å². The summed E-state index contributed by atoms with van der Waals surface area (Å²) in [7, 11) is 0. The normalized spacial score (nSPS) is 10.8. The van der Waals surface area contributed by atoms with Crippen LogP contribution in [-0.4, -0.2) is 16.1 Å². The van der Waals surface area contributed by atoms with Crippen molar-refractivity contribution < 1.29 is 9.90 Å². The van der Waals surface area contributed by atoms with Gasteiger partial charge < -0.3 is 10.1 Å². The third-order valence-corrected chi connectivity index (χ3v) is 2.90. The van der Waals surface area contributed by atoms with Crippen LogP contribution in [0.25, 0.3) is 10.2 Å². The van der Waals surface area contributed by atoms with E-state index in [1.807, 2.05) is 0 Å². The largest absolute Gasteiger partial charge is 0.477 e. The molecule has 3 nitrogen and oxygen atoms in total. The van der Waals surface area contributed by atoms with E-state index in [-0.39, 0.29) is 5.69 Å². The van der Waals surface area contributed by atoms with E-state index in [4.69, 9.17) is 16.7 Å². The standard InChI is InChI=1S/C7H4ClNO2S/c8-3-2-12-5-1-4(7(10)11)9-6(3)5/h1-2,9H,(H,10,11). The van der Waals surface area contributed by atoms with Crippen LogP contribution in [0.15, 0.2) is 11.4 Å². The first-order chi connectivity index (χ1) is 5.68. The fourth-order valence-corrected chi connectivity index (χ4v) is 2.15. The molecule has 2 aromatic rings. The Kier molecular flexibility index (Phi) is 1.59. The van der Waals surface area contributed by atoms with E-state index in [2.05, 4.69) is 4.98 Å². The van der Waals surface area contributed by atoms with Crippen molar-refractivity contribution in [2.75, 3.05) is 0 Å². The van der Waals surface area contributed by atoms with E-state index in [0.717, 1.165) is 4.70 Å². The Bertz CT molecular complexity index is 445. The molecular weight excluding hydrogens is 198 g/mol. The van der Waals surface area contributed by atoms with Gasteiger partial charge in [0, 0.05) is 5.38 Å². The first kappa shape index (κ1) is 7.64. The third-order valence-electron chi connectivity index (χ3n) is 1.54. The summed E-state index contributed by atoms with van der Waals surface area (Å²) in [5, 5.41) is 11.0. The number of carboxylic acids is 1. The minimum absolute atomic E-state index is 0.179. The number of nitrogens with one attached hydrogen (secondary N) is 1. The molecule has 5 heteroatoms. The molecule has 0 spiro atoms. The summed E-state index contributed by atoms with van der Waals surface area (Å²) in [6.45, 7) is 0. The van der Waals surface area contributed by atoms with Crippen LogP contribution < -0.4 is 0 Å². The molecule has 0 unspecified atom stereocenters. The van der Waals surface area contributed by atoms with E-state index >= 15 is 0 Å². The van der Waals surface area contributed by atoms with Gasteiger partial charge in [-0.1, -0.05) is 11.6 Å². The Morgan fingerprint density at radius 2 is 2.42 bits per heavy atom. The predicted molar refractivity (Wildman–Crippen MR) is 48.1 cm³/mol. The van der Waals surface area contributed by atoms with Gasteiger partial charge in [-0.15, -0.1) is 11.3 Å². The molecular formula is C7H4ClNO2S. The minimum atomic E-state index is -0.963. The maximum atomic E-state index is 10.5. The van der Waals surface area contributed by atoms with Crippen LogP contribution in [0, 0.1) is 0 Å². The molecule has 12 heavy (non-hydrogen) atoms. The number of aromatic amines is 1. The summed E-state index contributed by atoms with van der Waals surface area (Å²) in [5.74, 6) is -0.963. The number of hydrogen-bond acceptors (Lipinski definition) is 2. The van der Waals surface area contributed by atoms with Crippen LogP contribution in [0.2, 0.25) is 5.02 Å². The maximum absolute atomic E-state index is 10.5. The molecule has 2 rings (SSSR count). The van der Waals surface area contributed by atoms with E-state index in [1.54, 1.807) is 11.4 Å². The van der Waals surface area contributed by atoms with Crippen LogP contribution >= 0.6 is 22.9 Å². The van der Waals surface area contributed by atoms with Crippen molar-refractivity contribution in [3.8, 4) is 0 Å². The summed E-state index contributed by atoms with van der Waals surface area (Å²) < 4.78 is 0.873. The fourth-order valence-electron chi connectivity index (χ4n) is 0.995. The zero-order valence-electron chi connectivity index (χ0n) is 5.80. The van der Waals surface area contributed by atoms with Gasteiger partial charge in [0.2, 0.25) is 0 Å². The van der Waals surface area contributed by atoms with Crippen LogP contribution in [0.3, 0.4) is 0 Å². The Balaban J connectivity index is 2.70. The molecule has 0 aliphatic rings. The Morgan fingerprint density at radius 3 is 3.00 bits per heavy atom. The highest BCUT2D eigenvalue weighted by molar-refractivity contribution is 7.17. The number of thiophene rings is 1. The van der Waals surface area contributed by atoms with Gasteiger partial charge in [-0.25, -0.2) is 4.79 Å². The first-order valence-corrected chi connectivity index (χ1v) is 4.43. The minimum Gasteiger partial charge on any atom is -0.477 e. The maximum Gasteiger partial charge on any atom is 0.352 e. The van der Waals surface area contributed by atoms with Crippen molar-refractivity contribution >= 4 is 39.1 Å². The molecule has 2 N–H and O–H groups in total. The highest BCUT2D eigenvalue weighted by Gasteiger charge is 2.10. The number of carboxylic acid groups (broad SMARTS) is 1. The second kappa shape index (κ2) is 2.50. The number of rotatable bonds is 1. The second-order valence-corrected chi connectivity index (χ2v) is 3.63. The lowest BCUT2D eigenvalue weighted by atomic mass is 10.4. The number of fused-ring (bicyclic) bond motifs is 1. The van der Waals surface area contributed by atoms with E-state index < -0.39 is 5.97 Å². The van der Waals surface area contributed by atoms with E-state index in [9.17, 15) is 4.79 Å². The summed E-state index contributed by atoms with van der Waals surface area (Å²) in [6, 6.07) is 1.58. The molecule has 0 bridgehead atoms. The topological polar surface area (TPSA) is 53.1 Å². The van der Waals surface area contributed by atoms with Crippen LogP contribution in [0.4, 0.5) is 0 Å². The average molecular weight is 202 g/mol.